The van der Waals surface area contributed by atoms with Gasteiger partial charge < -0.3 is 9.15 Å². The maximum absolute atomic E-state index is 12.2. The van der Waals surface area contributed by atoms with Gasteiger partial charge in [-0.2, -0.15) is 0 Å². The first-order chi connectivity index (χ1) is 11.6. The van der Waals surface area contributed by atoms with Gasteiger partial charge in [0.05, 0.1) is 11.8 Å². The Labute approximate surface area is 133 Å². The van der Waals surface area contributed by atoms with Gasteiger partial charge in [0.1, 0.15) is 12.0 Å². The van der Waals surface area contributed by atoms with E-state index in [1.807, 2.05) is 0 Å². The van der Waals surface area contributed by atoms with E-state index in [0.717, 1.165) is 0 Å². The Morgan fingerprint density at radius 1 is 1.25 bits per heavy atom. The van der Waals surface area contributed by atoms with Gasteiger partial charge in [-0.05, 0) is 18.2 Å². The maximum Gasteiger partial charge on any atom is 0.328 e. The van der Waals surface area contributed by atoms with Crippen molar-refractivity contribution in [2.24, 2.45) is 0 Å². The first kappa shape index (κ1) is 14.0. The van der Waals surface area contributed by atoms with Gasteiger partial charge in [0.25, 0.3) is 11.5 Å². The zero-order valence-corrected chi connectivity index (χ0v) is 12.1. The van der Waals surface area contributed by atoms with Crippen molar-refractivity contribution in [2.75, 3.05) is 5.32 Å². The third-order valence-electron chi connectivity index (χ3n) is 3.56. The summed E-state index contributed by atoms with van der Waals surface area (Å²) in [5.74, 6) is 0.186. The average molecular weight is 326 g/mol. The number of aromatic nitrogens is 3. The molecule has 0 saturated carbocycles. The summed E-state index contributed by atoms with van der Waals surface area (Å²) in [6, 6.07) is 4.87. The number of nitrogens with one attached hydrogen (secondary N) is 3. The largest absolute Gasteiger partial charge is 0.440 e. The smallest absolute Gasteiger partial charge is 0.328 e. The topological polar surface area (TPSA) is 130 Å². The van der Waals surface area contributed by atoms with E-state index in [0.29, 0.717) is 22.4 Å². The van der Waals surface area contributed by atoms with Crippen LogP contribution in [0.1, 0.15) is 21.5 Å². The molecular formula is C15H10N4O5. The molecule has 1 amide bonds. The Morgan fingerprint density at radius 3 is 2.92 bits per heavy atom. The molecule has 0 saturated heterocycles. The predicted molar refractivity (Wildman–Crippen MR) is 81.5 cm³/mol. The fraction of sp³-hybridized carbons (Fsp3) is 0.0667. The van der Waals surface area contributed by atoms with Crippen molar-refractivity contribution in [1.82, 2.24) is 15.0 Å². The van der Waals surface area contributed by atoms with Crippen LogP contribution in [-0.2, 0) is 6.42 Å². The molecule has 4 rings (SSSR count). The number of anilines is 1. The number of carbonyl (C=O) groups is 1. The van der Waals surface area contributed by atoms with Crippen molar-refractivity contribution in [3.63, 3.8) is 0 Å². The number of carbonyl (C=O) groups excluding carboxylic acids is 1. The van der Waals surface area contributed by atoms with Crippen molar-refractivity contribution in [3.05, 3.63) is 68.2 Å². The number of ether oxygens (including phenoxy) is 1. The third kappa shape index (κ3) is 2.37. The minimum absolute atomic E-state index is 0.0911. The quantitative estimate of drug-likeness (QED) is 0.504. The fourth-order valence-corrected chi connectivity index (χ4v) is 2.45. The summed E-state index contributed by atoms with van der Waals surface area (Å²) in [6.45, 7) is 0. The molecule has 24 heavy (non-hydrogen) atoms. The number of hydrogen-bond acceptors (Lipinski definition) is 6. The highest BCUT2D eigenvalue weighted by molar-refractivity contribution is 6.03. The zero-order chi connectivity index (χ0) is 16.7. The van der Waals surface area contributed by atoms with Crippen LogP contribution in [0.25, 0.3) is 0 Å². The summed E-state index contributed by atoms with van der Waals surface area (Å²) in [4.78, 5) is 43.8. The van der Waals surface area contributed by atoms with Crippen molar-refractivity contribution >= 4 is 11.9 Å². The molecule has 1 aromatic carbocycles. The summed E-state index contributed by atoms with van der Waals surface area (Å²) in [7, 11) is 0. The van der Waals surface area contributed by atoms with Crippen molar-refractivity contribution in [3.8, 4) is 11.6 Å². The number of rotatable bonds is 2. The van der Waals surface area contributed by atoms with Crippen molar-refractivity contribution in [2.45, 2.75) is 6.42 Å². The van der Waals surface area contributed by atoms with Crippen LogP contribution in [0.15, 0.2) is 44.7 Å². The van der Waals surface area contributed by atoms with Gasteiger partial charge in [-0.15, -0.1) is 0 Å². The highest BCUT2D eigenvalue weighted by atomic mass is 16.5. The standard InChI is InChI=1S/C15H10N4O5/c20-11(18-15-16-3-4-23-15)7-1-2-10-8(5-7)6-9-12(21)17-14(22)19-13(9)24-10/h1-5H,6H2,(H,16,18,20)(H2,17,19,21,22). The molecule has 3 heterocycles. The van der Waals surface area contributed by atoms with E-state index < -0.39 is 17.2 Å². The molecule has 3 aromatic rings. The number of hydrogen-bond donors (Lipinski definition) is 3. The Kier molecular flexibility index (Phi) is 3.05. The van der Waals surface area contributed by atoms with E-state index >= 15 is 0 Å². The van der Waals surface area contributed by atoms with Gasteiger partial charge in [0, 0.05) is 17.5 Å². The highest BCUT2D eigenvalue weighted by Crippen LogP contribution is 2.33. The van der Waals surface area contributed by atoms with E-state index in [2.05, 4.69) is 20.3 Å². The van der Waals surface area contributed by atoms with Crippen LogP contribution in [0.2, 0.25) is 0 Å². The summed E-state index contributed by atoms with van der Waals surface area (Å²) < 4.78 is 10.5. The molecule has 0 aliphatic carbocycles. The Morgan fingerprint density at radius 2 is 2.12 bits per heavy atom. The number of amides is 1. The average Bonchev–Trinajstić information content (AvgIpc) is 3.05. The fourth-order valence-electron chi connectivity index (χ4n) is 2.45. The summed E-state index contributed by atoms with van der Waals surface area (Å²) in [5, 5.41) is 2.51. The second-order valence-corrected chi connectivity index (χ2v) is 5.11. The van der Waals surface area contributed by atoms with Gasteiger partial charge in [0.15, 0.2) is 0 Å². The Bertz CT molecular complexity index is 1050. The molecule has 0 fully saturated rings. The van der Waals surface area contributed by atoms with Crippen LogP contribution >= 0.6 is 0 Å². The number of benzene rings is 1. The molecule has 9 heteroatoms. The van der Waals surface area contributed by atoms with Crippen LogP contribution in [-0.4, -0.2) is 20.9 Å². The number of H-pyrrole nitrogens is 2. The highest BCUT2D eigenvalue weighted by Gasteiger charge is 2.22. The molecule has 0 radical (unpaired) electrons. The Balaban J connectivity index is 1.66. The molecule has 0 spiro atoms. The number of oxazole rings is 1. The lowest BCUT2D eigenvalue weighted by atomic mass is 10.0. The molecule has 120 valence electrons. The van der Waals surface area contributed by atoms with E-state index in [4.69, 9.17) is 9.15 Å². The Hall–Kier alpha value is -3.62. The summed E-state index contributed by atoms with van der Waals surface area (Å²) in [5.41, 5.74) is 0.158. The molecule has 0 atom stereocenters. The first-order valence-electron chi connectivity index (χ1n) is 6.97. The van der Waals surface area contributed by atoms with Crippen LogP contribution < -0.4 is 21.3 Å². The molecular weight excluding hydrogens is 316 g/mol. The molecule has 1 aliphatic heterocycles. The van der Waals surface area contributed by atoms with Gasteiger partial charge in [-0.3, -0.25) is 24.9 Å². The lowest BCUT2D eigenvalue weighted by molar-refractivity contribution is 0.102. The molecule has 0 unspecified atom stereocenters. The first-order valence-corrected chi connectivity index (χ1v) is 6.97. The van der Waals surface area contributed by atoms with E-state index in [-0.39, 0.29) is 18.3 Å². The molecule has 2 aromatic heterocycles. The van der Waals surface area contributed by atoms with Crippen LogP contribution in [0.4, 0.5) is 6.01 Å². The minimum Gasteiger partial charge on any atom is -0.440 e. The molecule has 0 bridgehead atoms. The number of fused-ring (bicyclic) bond motifs is 2. The summed E-state index contributed by atoms with van der Waals surface area (Å²) in [6.07, 6.45) is 3.00. The third-order valence-corrected chi connectivity index (χ3v) is 3.56. The van der Waals surface area contributed by atoms with Gasteiger partial charge in [-0.1, -0.05) is 0 Å². The van der Waals surface area contributed by atoms with Gasteiger partial charge in [0.2, 0.25) is 5.88 Å². The van der Waals surface area contributed by atoms with E-state index in [9.17, 15) is 14.4 Å². The van der Waals surface area contributed by atoms with E-state index in [1.165, 1.54) is 12.5 Å². The zero-order valence-electron chi connectivity index (χ0n) is 12.1. The van der Waals surface area contributed by atoms with Crippen LogP contribution in [0, 0.1) is 0 Å². The van der Waals surface area contributed by atoms with Crippen LogP contribution in [0.3, 0.4) is 0 Å². The second-order valence-electron chi connectivity index (χ2n) is 5.11. The lowest BCUT2D eigenvalue weighted by Gasteiger charge is -2.19. The van der Waals surface area contributed by atoms with Gasteiger partial charge >= 0.3 is 11.7 Å². The molecule has 9 nitrogen and oxygen atoms in total. The van der Waals surface area contributed by atoms with Crippen molar-refractivity contribution < 1.29 is 13.9 Å². The second kappa shape index (κ2) is 5.23. The predicted octanol–water partition coefficient (Wildman–Crippen LogP) is 1.000. The lowest BCUT2D eigenvalue weighted by Crippen LogP contribution is -2.28. The van der Waals surface area contributed by atoms with Gasteiger partial charge in [-0.25, -0.2) is 9.78 Å². The normalized spacial score (nSPS) is 12.0. The minimum atomic E-state index is -0.635. The summed E-state index contributed by atoms with van der Waals surface area (Å²) >= 11 is 0. The molecule has 3 N–H and O–H groups in total. The maximum atomic E-state index is 12.2. The monoisotopic (exact) mass is 326 g/mol. The number of nitrogens with zero attached hydrogens (tertiary/aromatic N) is 1. The molecule has 1 aliphatic rings. The SMILES string of the molecule is O=C(Nc1ncco1)c1ccc2c(c1)Cc1c([nH]c(=O)[nH]c1=O)O2. The number of aromatic amines is 2. The van der Waals surface area contributed by atoms with E-state index in [1.54, 1.807) is 18.2 Å². The van der Waals surface area contributed by atoms with Crippen LogP contribution in [0.5, 0.6) is 11.6 Å². The van der Waals surface area contributed by atoms with Crippen molar-refractivity contribution in [1.29, 1.82) is 0 Å².